The van der Waals surface area contributed by atoms with Crippen molar-refractivity contribution in [3.05, 3.63) is 35.9 Å². The molecule has 1 aromatic carbocycles. The summed E-state index contributed by atoms with van der Waals surface area (Å²) < 4.78 is 0. The lowest BCUT2D eigenvalue weighted by atomic mass is 10.0. The van der Waals surface area contributed by atoms with Crippen molar-refractivity contribution in [1.82, 2.24) is 16.0 Å². The number of carbonyl (C=O) groups excluding carboxylic acids is 3. The van der Waals surface area contributed by atoms with E-state index in [0.29, 0.717) is 25.8 Å². The van der Waals surface area contributed by atoms with Crippen LogP contribution < -0.4 is 38.9 Å². The second-order valence-electron chi connectivity index (χ2n) is 8.73. The van der Waals surface area contributed by atoms with Gasteiger partial charge in [-0.25, -0.2) is 4.79 Å². The highest BCUT2D eigenvalue weighted by Gasteiger charge is 2.30. The number of hydrogen-bond donors (Lipinski definition) is 9. The first-order valence-electron chi connectivity index (χ1n) is 12.4. The van der Waals surface area contributed by atoms with Gasteiger partial charge in [0.15, 0.2) is 5.96 Å². The monoisotopic (exact) mass is 536 g/mol. The van der Waals surface area contributed by atoms with Gasteiger partial charge < -0.3 is 49.1 Å². The molecule has 4 unspecified atom stereocenters. The van der Waals surface area contributed by atoms with Gasteiger partial charge in [0, 0.05) is 13.0 Å². The number of carbonyl (C=O) groups is 4. The maximum absolute atomic E-state index is 13.1. The average Bonchev–Trinajstić information content (AvgIpc) is 2.88. The molecule has 3 amide bonds. The smallest absolute Gasteiger partial charge is 0.326 e. The summed E-state index contributed by atoms with van der Waals surface area (Å²) in [6.07, 6.45) is 2.10. The molecule has 0 heterocycles. The summed E-state index contributed by atoms with van der Waals surface area (Å²) >= 11 is 0. The van der Waals surface area contributed by atoms with Crippen molar-refractivity contribution >= 4 is 29.7 Å². The van der Waals surface area contributed by atoms with Gasteiger partial charge in [0.2, 0.25) is 17.7 Å². The zero-order valence-electron chi connectivity index (χ0n) is 21.3. The lowest BCUT2D eigenvalue weighted by molar-refractivity contribution is -0.142. The number of carboxylic acids is 1. The molecule has 1 aromatic rings. The molecular weight excluding hydrogens is 496 g/mol. The van der Waals surface area contributed by atoms with Gasteiger partial charge in [-0.3, -0.25) is 19.4 Å². The quantitative estimate of drug-likeness (QED) is 0.0531. The predicted octanol–water partition coefficient (Wildman–Crippen LogP) is -2.73. The van der Waals surface area contributed by atoms with E-state index in [-0.39, 0.29) is 31.8 Å². The number of aliphatic hydroxyl groups excluding tert-OH is 1. The lowest BCUT2D eigenvalue weighted by Crippen LogP contribution is -2.58. The van der Waals surface area contributed by atoms with Crippen LogP contribution in [0.3, 0.4) is 0 Å². The van der Waals surface area contributed by atoms with Crippen LogP contribution in [0.1, 0.15) is 37.7 Å². The topological polar surface area (TPSA) is 261 Å². The number of amides is 3. The normalized spacial score (nSPS) is 13.9. The van der Waals surface area contributed by atoms with Gasteiger partial charge >= 0.3 is 5.97 Å². The summed E-state index contributed by atoms with van der Waals surface area (Å²) in [7, 11) is 0. The minimum atomic E-state index is -1.46. The van der Waals surface area contributed by atoms with Gasteiger partial charge in [-0.2, -0.15) is 0 Å². The lowest BCUT2D eigenvalue weighted by Gasteiger charge is -2.24. The van der Waals surface area contributed by atoms with Crippen molar-refractivity contribution in [2.45, 2.75) is 62.7 Å². The van der Waals surface area contributed by atoms with Crippen molar-refractivity contribution < 1.29 is 29.4 Å². The molecule has 0 aliphatic carbocycles. The summed E-state index contributed by atoms with van der Waals surface area (Å²) in [4.78, 5) is 53.8. The number of aliphatic carboxylic acids is 1. The zero-order chi connectivity index (χ0) is 28.5. The van der Waals surface area contributed by atoms with Crippen LogP contribution in [0, 0.1) is 0 Å². The fourth-order valence-corrected chi connectivity index (χ4v) is 3.48. The number of nitrogens with two attached hydrogens (primary N) is 4. The summed E-state index contributed by atoms with van der Waals surface area (Å²) in [5.74, 6) is -3.64. The summed E-state index contributed by atoms with van der Waals surface area (Å²) in [6.45, 7) is -0.170. The van der Waals surface area contributed by atoms with Crippen molar-refractivity contribution in [2.75, 3.05) is 19.7 Å². The number of guanidine groups is 1. The molecular formula is C24H40N8O6. The Balaban J connectivity index is 2.90. The van der Waals surface area contributed by atoms with Crippen LogP contribution in [-0.4, -0.2) is 83.7 Å². The van der Waals surface area contributed by atoms with Crippen LogP contribution in [0.2, 0.25) is 0 Å². The van der Waals surface area contributed by atoms with E-state index < -0.39 is 54.5 Å². The number of carboxylic acid groups (broad SMARTS) is 1. The van der Waals surface area contributed by atoms with Gasteiger partial charge in [0.1, 0.15) is 18.1 Å². The van der Waals surface area contributed by atoms with E-state index in [4.69, 9.17) is 22.9 Å². The highest BCUT2D eigenvalue weighted by atomic mass is 16.4. The number of hydrogen-bond acceptors (Lipinski definition) is 8. The molecule has 38 heavy (non-hydrogen) atoms. The van der Waals surface area contributed by atoms with Crippen molar-refractivity contribution in [3.63, 3.8) is 0 Å². The molecule has 4 atom stereocenters. The van der Waals surface area contributed by atoms with E-state index in [1.165, 1.54) is 0 Å². The van der Waals surface area contributed by atoms with E-state index >= 15 is 0 Å². The van der Waals surface area contributed by atoms with E-state index in [1.54, 1.807) is 30.3 Å². The van der Waals surface area contributed by atoms with Crippen LogP contribution in [-0.2, 0) is 25.6 Å². The van der Waals surface area contributed by atoms with Crippen LogP contribution in [0.15, 0.2) is 35.3 Å². The molecule has 0 saturated carbocycles. The summed E-state index contributed by atoms with van der Waals surface area (Å²) in [6, 6.07) is 4.15. The number of nitrogens with one attached hydrogen (secondary N) is 3. The van der Waals surface area contributed by atoms with E-state index in [2.05, 4.69) is 20.9 Å². The van der Waals surface area contributed by atoms with Crippen LogP contribution in [0.5, 0.6) is 0 Å². The maximum Gasteiger partial charge on any atom is 0.326 e. The first-order chi connectivity index (χ1) is 18.1. The third kappa shape index (κ3) is 12.5. The molecule has 0 aliphatic heterocycles. The van der Waals surface area contributed by atoms with Gasteiger partial charge in [0.25, 0.3) is 0 Å². The van der Waals surface area contributed by atoms with E-state index in [0.717, 1.165) is 5.56 Å². The Kier molecular flexibility index (Phi) is 15.0. The second kappa shape index (κ2) is 17.7. The number of rotatable bonds is 18. The molecule has 14 nitrogen and oxygen atoms in total. The van der Waals surface area contributed by atoms with Crippen LogP contribution >= 0.6 is 0 Å². The Morgan fingerprint density at radius 3 is 2.03 bits per heavy atom. The Morgan fingerprint density at radius 1 is 0.842 bits per heavy atom. The standard InChI is InChI=1S/C24H40N8O6/c25-11-5-4-9-16(26)20(34)31-18(13-15-7-2-1-3-8-15)21(35)32-19(14-33)22(36)30-17(23(37)38)10-6-12-29-24(27)28/h1-3,7-8,16-19,33H,4-6,9-14,25-26H2,(H,30,36)(H,31,34)(H,32,35)(H,37,38)(H4,27,28,29). The molecule has 212 valence electrons. The van der Waals surface area contributed by atoms with Crippen molar-refractivity contribution in [1.29, 1.82) is 0 Å². The molecule has 0 aromatic heterocycles. The maximum atomic E-state index is 13.1. The number of nitrogens with zero attached hydrogens (tertiary/aromatic N) is 1. The van der Waals surface area contributed by atoms with Gasteiger partial charge in [0.05, 0.1) is 12.6 Å². The molecule has 13 N–H and O–H groups in total. The number of benzene rings is 1. The first-order valence-corrected chi connectivity index (χ1v) is 12.4. The number of aliphatic hydroxyl groups is 1. The fourth-order valence-electron chi connectivity index (χ4n) is 3.48. The third-order valence-corrected chi connectivity index (χ3v) is 5.60. The molecule has 0 fully saturated rings. The van der Waals surface area contributed by atoms with Gasteiger partial charge in [-0.1, -0.05) is 36.8 Å². The third-order valence-electron chi connectivity index (χ3n) is 5.60. The molecule has 0 aliphatic rings. The molecule has 14 heteroatoms. The predicted molar refractivity (Wildman–Crippen MR) is 141 cm³/mol. The molecule has 0 bridgehead atoms. The van der Waals surface area contributed by atoms with Crippen LogP contribution in [0.4, 0.5) is 0 Å². The Hall–Kier alpha value is -3.75. The van der Waals surface area contributed by atoms with E-state index in [9.17, 15) is 29.4 Å². The number of aliphatic imine (C=N–C) groups is 1. The average molecular weight is 537 g/mol. The Bertz CT molecular complexity index is 926. The minimum Gasteiger partial charge on any atom is -0.480 e. The van der Waals surface area contributed by atoms with Crippen LogP contribution in [0.25, 0.3) is 0 Å². The second-order valence-corrected chi connectivity index (χ2v) is 8.73. The molecule has 0 spiro atoms. The van der Waals surface area contributed by atoms with E-state index in [1.807, 2.05) is 0 Å². The van der Waals surface area contributed by atoms with Gasteiger partial charge in [-0.05, 0) is 37.8 Å². The Morgan fingerprint density at radius 2 is 1.45 bits per heavy atom. The first kappa shape index (κ1) is 32.3. The molecule has 0 saturated heterocycles. The summed E-state index contributed by atoms with van der Waals surface area (Å²) in [5, 5.41) is 26.5. The highest BCUT2D eigenvalue weighted by molar-refractivity contribution is 5.94. The largest absolute Gasteiger partial charge is 0.480 e. The summed E-state index contributed by atoms with van der Waals surface area (Å²) in [5.41, 5.74) is 22.6. The Labute approximate surface area is 221 Å². The fraction of sp³-hybridized carbons (Fsp3) is 0.542. The molecule has 0 radical (unpaired) electrons. The molecule has 1 rings (SSSR count). The highest BCUT2D eigenvalue weighted by Crippen LogP contribution is 2.06. The minimum absolute atomic E-state index is 0.0126. The van der Waals surface area contributed by atoms with Gasteiger partial charge in [-0.15, -0.1) is 0 Å². The SMILES string of the molecule is NCCCCC(N)C(=O)NC(Cc1ccccc1)C(=O)NC(CO)C(=O)NC(CCCN=C(N)N)C(=O)O. The zero-order valence-corrected chi connectivity index (χ0v) is 21.3. The number of unbranched alkanes of at least 4 members (excludes halogenated alkanes) is 1. The van der Waals surface area contributed by atoms with Crippen molar-refractivity contribution in [3.8, 4) is 0 Å². The van der Waals surface area contributed by atoms with Crippen molar-refractivity contribution in [2.24, 2.45) is 27.9 Å².